The number of aromatic carboxylic acids is 1. The number of carboxylic acids is 1. The molecule has 0 fully saturated rings. The van der Waals surface area contributed by atoms with E-state index in [9.17, 15) is 9.59 Å². The lowest BCUT2D eigenvalue weighted by Crippen LogP contribution is -2.11. The number of hydrogen-bond acceptors (Lipinski definition) is 5. The number of nitrogens with one attached hydrogen (secondary N) is 2. The van der Waals surface area contributed by atoms with Crippen molar-refractivity contribution in [2.45, 2.75) is 0 Å². The number of aromatic nitrogens is 2. The highest BCUT2D eigenvalue weighted by molar-refractivity contribution is 6.04. The molecule has 0 aliphatic carbocycles. The summed E-state index contributed by atoms with van der Waals surface area (Å²) in [4.78, 5) is 31.8. The summed E-state index contributed by atoms with van der Waals surface area (Å²) in [6, 6.07) is 21.0. The molecule has 0 aliphatic heterocycles. The van der Waals surface area contributed by atoms with Gasteiger partial charge in [-0.3, -0.25) is 9.78 Å². The van der Waals surface area contributed by atoms with Gasteiger partial charge in [-0.15, -0.1) is 0 Å². The second kappa shape index (κ2) is 8.87. The highest BCUT2D eigenvalue weighted by Gasteiger charge is 2.07. The van der Waals surface area contributed by atoms with Crippen LogP contribution in [0.15, 0.2) is 91.4 Å². The van der Waals surface area contributed by atoms with Crippen molar-refractivity contribution in [1.29, 1.82) is 0 Å². The van der Waals surface area contributed by atoms with Gasteiger partial charge in [0, 0.05) is 41.1 Å². The maximum absolute atomic E-state index is 12.3. The van der Waals surface area contributed by atoms with E-state index in [2.05, 4.69) is 20.6 Å². The molecule has 31 heavy (non-hydrogen) atoms. The summed E-state index contributed by atoms with van der Waals surface area (Å²) in [6.45, 7) is 0. The summed E-state index contributed by atoms with van der Waals surface area (Å²) in [5, 5.41) is 15.2. The Balaban J connectivity index is 1.46. The van der Waals surface area contributed by atoms with Crippen LogP contribution in [0.5, 0.6) is 0 Å². The van der Waals surface area contributed by atoms with Crippen LogP contribution in [0.1, 0.15) is 20.7 Å². The van der Waals surface area contributed by atoms with Crippen LogP contribution in [0.3, 0.4) is 0 Å². The number of amides is 1. The number of pyridine rings is 2. The van der Waals surface area contributed by atoms with Crippen molar-refractivity contribution in [3.63, 3.8) is 0 Å². The van der Waals surface area contributed by atoms with Crippen LogP contribution < -0.4 is 10.6 Å². The molecule has 7 nitrogen and oxygen atoms in total. The average molecular weight is 410 g/mol. The Labute approximate surface area is 178 Å². The largest absolute Gasteiger partial charge is 0.478 e. The molecule has 0 bridgehead atoms. The Morgan fingerprint density at radius 1 is 0.774 bits per heavy atom. The number of hydrogen-bond donors (Lipinski definition) is 3. The third kappa shape index (κ3) is 4.91. The molecule has 2 aromatic carbocycles. The lowest BCUT2D eigenvalue weighted by atomic mass is 10.0. The smallest absolute Gasteiger partial charge is 0.335 e. The van der Waals surface area contributed by atoms with E-state index in [1.54, 1.807) is 55.0 Å². The molecule has 4 rings (SSSR count). The van der Waals surface area contributed by atoms with Gasteiger partial charge in [-0.1, -0.05) is 18.2 Å². The van der Waals surface area contributed by atoms with Gasteiger partial charge in [-0.2, -0.15) is 0 Å². The molecule has 0 saturated heterocycles. The van der Waals surface area contributed by atoms with Crippen molar-refractivity contribution in [2.24, 2.45) is 0 Å². The van der Waals surface area contributed by atoms with E-state index in [0.717, 1.165) is 16.8 Å². The number of benzene rings is 2. The second-order valence-corrected chi connectivity index (χ2v) is 6.71. The second-order valence-electron chi connectivity index (χ2n) is 6.71. The van der Waals surface area contributed by atoms with Crippen molar-refractivity contribution >= 4 is 29.1 Å². The summed E-state index contributed by atoms with van der Waals surface area (Å²) < 4.78 is 0. The molecule has 0 aliphatic rings. The minimum Gasteiger partial charge on any atom is -0.478 e. The zero-order chi connectivity index (χ0) is 21.6. The highest BCUT2D eigenvalue weighted by Crippen LogP contribution is 2.23. The van der Waals surface area contributed by atoms with Crippen molar-refractivity contribution in [3.05, 3.63) is 103 Å². The van der Waals surface area contributed by atoms with Crippen molar-refractivity contribution in [3.8, 4) is 11.1 Å². The monoisotopic (exact) mass is 410 g/mol. The molecule has 0 unspecified atom stereocenters. The van der Waals surface area contributed by atoms with E-state index in [-0.39, 0.29) is 11.5 Å². The van der Waals surface area contributed by atoms with E-state index >= 15 is 0 Å². The van der Waals surface area contributed by atoms with Crippen LogP contribution in [0.4, 0.5) is 17.2 Å². The fourth-order valence-corrected chi connectivity index (χ4v) is 3.00. The third-order valence-electron chi connectivity index (χ3n) is 4.54. The Morgan fingerprint density at radius 2 is 1.55 bits per heavy atom. The van der Waals surface area contributed by atoms with E-state index < -0.39 is 5.97 Å². The Kier molecular flexibility index (Phi) is 5.66. The van der Waals surface area contributed by atoms with Gasteiger partial charge >= 0.3 is 5.97 Å². The molecule has 1 amide bonds. The molecule has 0 spiro atoms. The van der Waals surface area contributed by atoms with Crippen LogP contribution >= 0.6 is 0 Å². The van der Waals surface area contributed by atoms with Gasteiger partial charge in [0.05, 0.1) is 5.56 Å². The quantitative estimate of drug-likeness (QED) is 0.420. The van der Waals surface area contributed by atoms with E-state index in [0.29, 0.717) is 17.1 Å². The van der Waals surface area contributed by atoms with E-state index in [1.165, 1.54) is 0 Å². The zero-order valence-corrected chi connectivity index (χ0v) is 16.3. The van der Waals surface area contributed by atoms with Gasteiger partial charge in [-0.25, -0.2) is 9.78 Å². The summed E-state index contributed by atoms with van der Waals surface area (Å²) in [7, 11) is 0. The number of carbonyl (C=O) groups is 2. The van der Waals surface area contributed by atoms with Crippen LogP contribution in [-0.4, -0.2) is 27.0 Å². The van der Waals surface area contributed by atoms with Crippen LogP contribution in [0, 0.1) is 0 Å². The van der Waals surface area contributed by atoms with Gasteiger partial charge in [0.15, 0.2) is 0 Å². The lowest BCUT2D eigenvalue weighted by molar-refractivity contribution is 0.0696. The lowest BCUT2D eigenvalue weighted by Gasteiger charge is -2.10. The summed E-state index contributed by atoms with van der Waals surface area (Å²) in [5.74, 6) is -0.564. The first-order valence-electron chi connectivity index (χ1n) is 9.47. The average Bonchev–Trinajstić information content (AvgIpc) is 2.80. The Morgan fingerprint density at radius 3 is 2.29 bits per heavy atom. The molecule has 4 aromatic rings. The molecule has 7 heteroatoms. The third-order valence-corrected chi connectivity index (χ3v) is 4.54. The first-order valence-corrected chi connectivity index (χ1v) is 9.47. The summed E-state index contributed by atoms with van der Waals surface area (Å²) >= 11 is 0. The summed E-state index contributed by atoms with van der Waals surface area (Å²) in [6.07, 6.45) is 4.82. The molecule has 0 atom stereocenters. The number of carboxylic acid groups (broad SMARTS) is 1. The molecule has 2 heterocycles. The molecular weight excluding hydrogens is 392 g/mol. The van der Waals surface area contributed by atoms with Crippen LogP contribution in [0.2, 0.25) is 0 Å². The maximum Gasteiger partial charge on any atom is 0.335 e. The molecular formula is C24H18N4O3. The van der Waals surface area contributed by atoms with Crippen LogP contribution in [-0.2, 0) is 0 Å². The first kappa shape index (κ1) is 19.8. The van der Waals surface area contributed by atoms with Gasteiger partial charge in [-0.05, 0) is 60.2 Å². The normalized spacial score (nSPS) is 10.3. The fraction of sp³-hybridized carbons (Fsp3) is 0. The van der Waals surface area contributed by atoms with Gasteiger partial charge in [0.25, 0.3) is 5.91 Å². The number of carbonyl (C=O) groups excluding carboxylic acids is 1. The predicted molar refractivity (Wildman–Crippen MR) is 119 cm³/mol. The summed E-state index contributed by atoms with van der Waals surface area (Å²) in [5.41, 5.74) is 3.75. The van der Waals surface area contributed by atoms with E-state index in [1.807, 2.05) is 36.4 Å². The number of rotatable bonds is 6. The predicted octanol–water partition coefficient (Wildman–Crippen LogP) is 4.84. The topological polar surface area (TPSA) is 104 Å². The van der Waals surface area contributed by atoms with Gasteiger partial charge in [0.1, 0.15) is 5.82 Å². The molecule has 2 aromatic heterocycles. The minimum atomic E-state index is -0.969. The number of nitrogens with zero attached hydrogens (tertiary/aromatic N) is 2. The maximum atomic E-state index is 12.3. The highest BCUT2D eigenvalue weighted by atomic mass is 16.4. The molecule has 0 radical (unpaired) electrons. The number of anilines is 3. The minimum absolute atomic E-state index is 0.217. The fourth-order valence-electron chi connectivity index (χ4n) is 3.00. The molecule has 3 N–H and O–H groups in total. The van der Waals surface area contributed by atoms with Gasteiger partial charge < -0.3 is 15.7 Å². The molecule has 0 saturated carbocycles. The molecule has 152 valence electrons. The SMILES string of the molecule is O=C(O)c1cccc(-c2ccc(Nc3cccc(NC(=O)c4ccncc4)c3)nc2)c1. The first-order chi connectivity index (χ1) is 15.1. The van der Waals surface area contributed by atoms with Crippen molar-refractivity contribution in [1.82, 2.24) is 9.97 Å². The Bertz CT molecular complexity index is 1230. The van der Waals surface area contributed by atoms with Crippen molar-refractivity contribution in [2.75, 3.05) is 10.6 Å². The van der Waals surface area contributed by atoms with Crippen molar-refractivity contribution < 1.29 is 14.7 Å². The van der Waals surface area contributed by atoms with Crippen LogP contribution in [0.25, 0.3) is 11.1 Å². The zero-order valence-electron chi connectivity index (χ0n) is 16.3. The van der Waals surface area contributed by atoms with E-state index in [4.69, 9.17) is 5.11 Å². The van der Waals surface area contributed by atoms with Gasteiger partial charge in [0.2, 0.25) is 0 Å². The Hall–Kier alpha value is -4.52. The standard InChI is InChI=1S/C24H18N4O3/c29-23(16-9-11-25-12-10-16)28-21-6-2-5-20(14-21)27-22-8-7-19(15-26-22)17-3-1-4-18(13-17)24(30)31/h1-15H,(H,26,27)(H,28,29)(H,30,31).